The Labute approximate surface area is 212 Å². The molecule has 0 radical (unpaired) electrons. The van der Waals surface area contributed by atoms with Crippen molar-refractivity contribution in [1.29, 1.82) is 0 Å². The minimum absolute atomic E-state index is 0.442. The zero-order valence-corrected chi connectivity index (χ0v) is 25.0. The van der Waals surface area contributed by atoms with E-state index in [1.165, 1.54) is 22.3 Å². The number of hydrogen-bond donors (Lipinski definition) is 0. The molecule has 0 aliphatic carbocycles. The second-order valence-corrected chi connectivity index (χ2v) is 19.3. The molecule has 0 saturated carbocycles. The molecule has 0 N–H and O–H groups in total. The van der Waals surface area contributed by atoms with E-state index < -0.39 is 13.5 Å². The van der Waals surface area contributed by atoms with E-state index >= 15 is 0 Å². The summed E-state index contributed by atoms with van der Waals surface area (Å²) in [6, 6.07) is 13.0. The van der Waals surface area contributed by atoms with Crippen LogP contribution in [0.25, 0.3) is 0 Å². The van der Waals surface area contributed by atoms with Crippen LogP contribution in [0.5, 0.6) is 0 Å². The summed E-state index contributed by atoms with van der Waals surface area (Å²) >= 11 is -1.92. The molecule has 0 aromatic heterocycles. The minimum atomic E-state index is -1.92. The maximum atomic E-state index is 4.97. The van der Waals surface area contributed by atoms with Crippen molar-refractivity contribution in [1.82, 2.24) is 0 Å². The van der Waals surface area contributed by atoms with E-state index in [2.05, 4.69) is 91.8 Å². The summed E-state index contributed by atoms with van der Waals surface area (Å²) in [5.74, 6) is 1.77. The van der Waals surface area contributed by atoms with E-state index in [0.717, 1.165) is 11.4 Å². The zero-order valence-electron chi connectivity index (χ0n) is 20.3. The van der Waals surface area contributed by atoms with Crippen molar-refractivity contribution in [3.8, 4) is 0 Å². The Balaban J connectivity index is 0.00000118. The molecule has 0 bridgehead atoms. The zero-order chi connectivity index (χ0) is 24.4. The molecule has 0 amide bonds. The number of nitrogens with zero attached hydrogens (tertiary/aromatic N) is 2. The molecule has 2 aromatic carbocycles. The van der Waals surface area contributed by atoms with Gasteiger partial charge in [0.25, 0.3) is 0 Å². The molecule has 0 atom stereocenters. The number of halogens is 3. The predicted octanol–water partition coefficient (Wildman–Crippen LogP) is 10.4. The van der Waals surface area contributed by atoms with Crippen molar-refractivity contribution in [3.63, 3.8) is 0 Å². The fraction of sp³-hybridized carbons (Fsp3) is 0.462. The number of aliphatic imine (C=N–C) groups is 2. The van der Waals surface area contributed by atoms with Crippen molar-refractivity contribution >= 4 is 52.6 Å². The molecule has 2 rings (SSSR count). The number of benzene rings is 2. The van der Waals surface area contributed by atoms with E-state index in [0.29, 0.717) is 23.7 Å². The van der Waals surface area contributed by atoms with Crippen LogP contribution in [0, 0.1) is 0 Å². The fourth-order valence-corrected chi connectivity index (χ4v) is 3.54. The van der Waals surface area contributed by atoms with Gasteiger partial charge in [-0.1, -0.05) is 91.8 Å². The quantitative estimate of drug-likeness (QED) is 0.261. The molecule has 2 nitrogen and oxygen atoms in total. The monoisotopic (exact) mass is 674 g/mol. The molecular formula is C26H36Cl3IrN2. The average molecular weight is 675 g/mol. The summed E-state index contributed by atoms with van der Waals surface area (Å²) < 4.78 is 0. The molecular weight excluding hydrogens is 639 g/mol. The van der Waals surface area contributed by atoms with Crippen LogP contribution < -0.4 is 0 Å². The molecule has 0 spiro atoms. The number of para-hydroxylation sites is 2. The standard InChI is InChI=1S/C26H36N2.3ClH.Ir/c1-17(2)21-11-9-12-22(18(3)4)25(21)27-15-16-28-26-23(19(5)6)13-10-14-24(26)20(7)8;;;;/h9-20H,1-8H3;3*1H;/q;;;;+3/p-3. The van der Waals surface area contributed by atoms with E-state index in [1.54, 1.807) is 0 Å². The van der Waals surface area contributed by atoms with Crippen LogP contribution in [0.3, 0.4) is 0 Å². The van der Waals surface area contributed by atoms with Crippen molar-refractivity contribution in [2.75, 3.05) is 0 Å². The third-order valence-corrected chi connectivity index (χ3v) is 5.16. The van der Waals surface area contributed by atoms with Gasteiger partial charge in [-0.15, -0.1) is 0 Å². The fourth-order valence-electron chi connectivity index (χ4n) is 3.54. The molecule has 6 heteroatoms. The Morgan fingerprint density at radius 2 is 0.781 bits per heavy atom. The van der Waals surface area contributed by atoms with Gasteiger partial charge in [-0.3, -0.25) is 9.98 Å². The summed E-state index contributed by atoms with van der Waals surface area (Å²) in [5.41, 5.74) is 7.37. The van der Waals surface area contributed by atoms with E-state index in [9.17, 15) is 0 Å². The van der Waals surface area contributed by atoms with Crippen LogP contribution in [0.15, 0.2) is 46.4 Å². The second kappa shape index (κ2) is 14.5. The Bertz CT molecular complexity index is 777. The maximum absolute atomic E-state index is 4.97. The summed E-state index contributed by atoms with van der Waals surface area (Å²) in [6.45, 7) is 17.8. The van der Waals surface area contributed by atoms with Gasteiger partial charge in [0.2, 0.25) is 0 Å². The van der Waals surface area contributed by atoms with Crippen LogP contribution in [0.4, 0.5) is 11.4 Å². The summed E-state index contributed by atoms with van der Waals surface area (Å²) in [7, 11) is 14.9. The van der Waals surface area contributed by atoms with Crippen LogP contribution in [0.2, 0.25) is 0 Å². The van der Waals surface area contributed by atoms with Crippen molar-refractivity contribution in [2.24, 2.45) is 9.98 Å². The average Bonchev–Trinajstić information content (AvgIpc) is 2.69. The third-order valence-electron chi connectivity index (χ3n) is 5.16. The van der Waals surface area contributed by atoms with Gasteiger partial charge >= 0.3 is 42.2 Å². The van der Waals surface area contributed by atoms with Gasteiger partial charge < -0.3 is 0 Å². The van der Waals surface area contributed by atoms with E-state index in [-0.39, 0.29) is 0 Å². The first-order valence-corrected chi connectivity index (χ1v) is 19.8. The van der Waals surface area contributed by atoms with E-state index in [4.69, 9.17) is 38.7 Å². The topological polar surface area (TPSA) is 24.7 Å². The van der Waals surface area contributed by atoms with Crippen LogP contribution in [0.1, 0.15) is 101 Å². The van der Waals surface area contributed by atoms with Gasteiger partial charge in [0, 0.05) is 12.4 Å². The molecule has 0 saturated heterocycles. The first kappa shape index (κ1) is 29.3. The van der Waals surface area contributed by atoms with Gasteiger partial charge in [0.15, 0.2) is 0 Å². The Kier molecular flexibility index (Phi) is 13.3. The molecule has 0 unspecified atom stereocenters. The van der Waals surface area contributed by atoms with Crippen LogP contribution >= 0.6 is 28.8 Å². The van der Waals surface area contributed by atoms with Gasteiger partial charge in [0.05, 0.1) is 11.4 Å². The molecule has 32 heavy (non-hydrogen) atoms. The molecule has 0 heterocycles. The first-order chi connectivity index (χ1) is 15.0. The molecule has 2 aromatic rings. The number of rotatable bonds is 7. The van der Waals surface area contributed by atoms with Crippen molar-refractivity contribution in [3.05, 3.63) is 58.7 Å². The Morgan fingerprint density at radius 1 is 0.562 bits per heavy atom. The van der Waals surface area contributed by atoms with Gasteiger partial charge in [-0.25, -0.2) is 0 Å². The summed E-state index contributed by atoms with van der Waals surface area (Å²) in [5, 5.41) is 0. The van der Waals surface area contributed by atoms with Crippen LogP contribution in [-0.2, 0) is 13.5 Å². The van der Waals surface area contributed by atoms with Crippen LogP contribution in [-0.4, -0.2) is 12.4 Å². The van der Waals surface area contributed by atoms with Crippen molar-refractivity contribution in [2.45, 2.75) is 79.1 Å². The molecule has 180 valence electrons. The van der Waals surface area contributed by atoms with Gasteiger partial charge in [-0.05, 0) is 45.9 Å². The summed E-state index contributed by atoms with van der Waals surface area (Å²) in [4.78, 5) is 9.68. The molecule has 0 fully saturated rings. The second-order valence-electron chi connectivity index (χ2n) is 8.89. The number of hydrogen-bond acceptors (Lipinski definition) is 2. The van der Waals surface area contributed by atoms with Crippen molar-refractivity contribution < 1.29 is 13.5 Å². The van der Waals surface area contributed by atoms with Gasteiger partial charge in [0.1, 0.15) is 0 Å². The van der Waals surface area contributed by atoms with E-state index in [1.807, 2.05) is 12.4 Å². The molecule has 0 aliphatic rings. The normalized spacial score (nSPS) is 12.4. The summed E-state index contributed by atoms with van der Waals surface area (Å²) in [6.07, 6.45) is 3.71. The predicted molar refractivity (Wildman–Crippen MR) is 143 cm³/mol. The Hall–Kier alpha value is -0.701. The SMILES string of the molecule is CC(C)c1cccc(C(C)C)c1N=CC=Nc1c(C(C)C)cccc1C(C)C.[Cl][Ir]([Cl])[Cl]. The third kappa shape index (κ3) is 9.27. The Morgan fingerprint density at radius 3 is 0.969 bits per heavy atom. The molecule has 0 aliphatic heterocycles. The first-order valence-electron chi connectivity index (χ1n) is 10.9. The van der Waals surface area contributed by atoms with Gasteiger partial charge in [-0.2, -0.15) is 0 Å².